The average Bonchev–Trinajstić information content (AvgIpc) is 3.09. The Labute approximate surface area is 159 Å². The van der Waals surface area contributed by atoms with E-state index in [0.29, 0.717) is 24.2 Å². The molecular weight excluding hydrogens is 341 g/mol. The van der Waals surface area contributed by atoms with Gasteiger partial charge in [0.25, 0.3) is 0 Å². The topological polar surface area (TPSA) is 81.8 Å². The fourth-order valence-corrected chi connectivity index (χ4v) is 3.29. The van der Waals surface area contributed by atoms with E-state index in [2.05, 4.69) is 25.2 Å². The molecule has 0 spiro atoms. The van der Waals surface area contributed by atoms with Gasteiger partial charge in [0.2, 0.25) is 0 Å². The molecule has 0 atom stereocenters. The number of piperazine rings is 1. The Bertz CT molecular complexity index is 893. The Morgan fingerprint density at radius 2 is 2.04 bits per heavy atom. The lowest BCUT2D eigenvalue weighted by molar-refractivity contribution is 0.188. The lowest BCUT2D eigenvalue weighted by atomic mass is 10.0. The fraction of sp³-hybridized carbons (Fsp3) is 0.389. The summed E-state index contributed by atoms with van der Waals surface area (Å²) in [6, 6.07) is 5.96. The van der Waals surface area contributed by atoms with Crippen LogP contribution >= 0.6 is 0 Å². The highest BCUT2D eigenvalue weighted by Crippen LogP contribution is 2.20. The van der Waals surface area contributed by atoms with Crippen molar-refractivity contribution in [2.24, 2.45) is 0 Å². The molecule has 2 radical (unpaired) electrons. The van der Waals surface area contributed by atoms with Gasteiger partial charge >= 0.3 is 0 Å². The fourth-order valence-electron chi connectivity index (χ4n) is 3.29. The molecule has 2 N–H and O–H groups in total. The van der Waals surface area contributed by atoms with Crippen molar-refractivity contribution >= 4 is 30.6 Å². The molecule has 1 saturated heterocycles. The molecule has 3 aromatic rings. The molecule has 4 heterocycles. The summed E-state index contributed by atoms with van der Waals surface area (Å²) >= 11 is 0. The minimum Gasteiger partial charge on any atom is -0.395 e. The molecule has 1 aliphatic rings. The van der Waals surface area contributed by atoms with Crippen molar-refractivity contribution in [1.82, 2.24) is 24.5 Å². The van der Waals surface area contributed by atoms with Crippen LogP contribution in [-0.2, 0) is 6.54 Å². The molecule has 3 aromatic heterocycles. The Hall–Kier alpha value is -2.65. The summed E-state index contributed by atoms with van der Waals surface area (Å²) in [7, 11) is 6.07. The van der Waals surface area contributed by atoms with Gasteiger partial charge in [-0.15, -0.1) is 0 Å². The zero-order chi connectivity index (χ0) is 18.6. The molecule has 0 saturated carbocycles. The van der Waals surface area contributed by atoms with Crippen LogP contribution in [0.3, 0.4) is 0 Å². The van der Waals surface area contributed by atoms with Crippen LogP contribution < -0.4 is 15.7 Å². The molecule has 27 heavy (non-hydrogen) atoms. The number of hydrogen-bond donors (Lipinski definition) is 2. The van der Waals surface area contributed by atoms with Gasteiger partial charge in [0.05, 0.1) is 6.61 Å². The Kier molecular flexibility index (Phi) is 5.22. The molecule has 0 aromatic carbocycles. The highest BCUT2D eigenvalue weighted by Gasteiger charge is 2.19. The van der Waals surface area contributed by atoms with E-state index in [1.807, 2.05) is 24.4 Å². The van der Waals surface area contributed by atoms with Gasteiger partial charge in [-0.05, 0) is 17.1 Å². The number of nitrogens with one attached hydrogen (secondary N) is 1. The summed E-state index contributed by atoms with van der Waals surface area (Å²) in [5, 5.41) is 16.9. The van der Waals surface area contributed by atoms with Crippen LogP contribution in [0, 0.1) is 0 Å². The van der Waals surface area contributed by atoms with Crippen LogP contribution in [0.1, 0.15) is 5.56 Å². The van der Waals surface area contributed by atoms with Crippen LogP contribution in [0.2, 0.25) is 0 Å². The second kappa shape index (κ2) is 7.93. The molecule has 0 unspecified atom stereocenters. The van der Waals surface area contributed by atoms with E-state index in [1.165, 1.54) is 0 Å². The quantitative estimate of drug-likeness (QED) is 0.579. The maximum absolute atomic E-state index is 9.11. The normalized spacial score (nSPS) is 15.4. The van der Waals surface area contributed by atoms with E-state index in [1.54, 1.807) is 16.9 Å². The second-order valence-electron chi connectivity index (χ2n) is 6.60. The standard InChI is InChI=1S/C18H22BN7O/c19-15-13-22-26-16(21-12-14-2-1-3-20-11-14)10-17(23-18(15)26)25-6-4-24(5-7-25)8-9-27/h1-3,10-11,13,21,27H,4-9,12H2. The van der Waals surface area contributed by atoms with Gasteiger partial charge in [0, 0.05) is 63.9 Å². The number of β-amino-alcohol motifs (C(OH)–C–C–N with tert-alkyl or cyclic N) is 1. The third-order valence-corrected chi connectivity index (χ3v) is 4.79. The maximum Gasteiger partial charge on any atom is 0.152 e. The number of anilines is 2. The van der Waals surface area contributed by atoms with Gasteiger partial charge in [0.15, 0.2) is 5.65 Å². The molecule has 4 rings (SSSR count). The highest BCUT2D eigenvalue weighted by atomic mass is 16.3. The van der Waals surface area contributed by atoms with Gasteiger partial charge in [-0.1, -0.05) is 6.07 Å². The first kappa shape index (κ1) is 17.8. The predicted molar refractivity (Wildman–Crippen MR) is 106 cm³/mol. The number of fused-ring (bicyclic) bond motifs is 1. The average molecular weight is 363 g/mol. The largest absolute Gasteiger partial charge is 0.395 e. The minimum atomic E-state index is 0.193. The summed E-state index contributed by atoms with van der Waals surface area (Å²) < 4.78 is 1.73. The highest BCUT2D eigenvalue weighted by molar-refractivity contribution is 6.36. The van der Waals surface area contributed by atoms with Crippen molar-refractivity contribution in [3.05, 3.63) is 42.4 Å². The summed E-state index contributed by atoms with van der Waals surface area (Å²) in [6.45, 7) is 5.07. The van der Waals surface area contributed by atoms with Crippen LogP contribution in [0.15, 0.2) is 36.8 Å². The summed E-state index contributed by atoms with van der Waals surface area (Å²) in [5.74, 6) is 1.72. The minimum absolute atomic E-state index is 0.193. The molecule has 0 bridgehead atoms. The maximum atomic E-state index is 9.11. The number of aliphatic hydroxyl groups is 1. The van der Waals surface area contributed by atoms with Crippen LogP contribution in [0.5, 0.6) is 0 Å². The molecule has 1 fully saturated rings. The monoisotopic (exact) mass is 363 g/mol. The van der Waals surface area contributed by atoms with E-state index < -0.39 is 0 Å². The van der Waals surface area contributed by atoms with Crippen molar-refractivity contribution in [3.63, 3.8) is 0 Å². The van der Waals surface area contributed by atoms with Crippen molar-refractivity contribution in [2.75, 3.05) is 49.5 Å². The van der Waals surface area contributed by atoms with E-state index in [0.717, 1.165) is 43.4 Å². The Balaban J connectivity index is 1.57. The lowest BCUT2D eigenvalue weighted by Crippen LogP contribution is -2.47. The van der Waals surface area contributed by atoms with E-state index in [-0.39, 0.29) is 6.61 Å². The number of pyridine rings is 1. The Morgan fingerprint density at radius 3 is 2.78 bits per heavy atom. The number of rotatable bonds is 6. The smallest absolute Gasteiger partial charge is 0.152 e. The van der Waals surface area contributed by atoms with Gasteiger partial charge in [0.1, 0.15) is 19.5 Å². The first-order valence-electron chi connectivity index (χ1n) is 9.10. The van der Waals surface area contributed by atoms with Gasteiger partial charge in [-0.25, -0.2) is 4.98 Å². The Morgan fingerprint density at radius 1 is 1.19 bits per heavy atom. The molecule has 0 aliphatic carbocycles. The van der Waals surface area contributed by atoms with E-state index >= 15 is 0 Å². The third kappa shape index (κ3) is 3.89. The van der Waals surface area contributed by atoms with Crippen LogP contribution in [0.4, 0.5) is 11.6 Å². The zero-order valence-electron chi connectivity index (χ0n) is 15.1. The molecule has 0 amide bonds. The SMILES string of the molecule is [B]c1cnn2c(NCc3cccnc3)cc(N3CCN(CCO)CC3)nc12. The van der Waals surface area contributed by atoms with Crippen LogP contribution in [-0.4, -0.2) is 76.8 Å². The third-order valence-electron chi connectivity index (χ3n) is 4.79. The molecule has 8 nitrogen and oxygen atoms in total. The van der Waals surface area contributed by atoms with Crippen molar-refractivity contribution in [1.29, 1.82) is 0 Å². The predicted octanol–water partition coefficient (Wildman–Crippen LogP) is -0.355. The first-order valence-corrected chi connectivity index (χ1v) is 9.10. The van der Waals surface area contributed by atoms with Gasteiger partial charge in [-0.3, -0.25) is 9.88 Å². The number of nitrogens with zero attached hydrogens (tertiary/aromatic N) is 6. The van der Waals surface area contributed by atoms with Crippen molar-refractivity contribution < 1.29 is 5.11 Å². The molecular formula is C18H22BN7O. The second-order valence-corrected chi connectivity index (χ2v) is 6.60. The van der Waals surface area contributed by atoms with Crippen molar-refractivity contribution in [2.45, 2.75) is 6.54 Å². The lowest BCUT2D eigenvalue weighted by Gasteiger charge is -2.35. The van der Waals surface area contributed by atoms with Gasteiger partial charge < -0.3 is 15.3 Å². The van der Waals surface area contributed by atoms with E-state index in [4.69, 9.17) is 17.9 Å². The molecule has 9 heteroatoms. The number of aliphatic hydroxyl groups excluding tert-OH is 1. The van der Waals surface area contributed by atoms with Gasteiger partial charge in [-0.2, -0.15) is 9.61 Å². The molecule has 1 aliphatic heterocycles. The van der Waals surface area contributed by atoms with Crippen molar-refractivity contribution in [3.8, 4) is 0 Å². The van der Waals surface area contributed by atoms with Crippen LogP contribution in [0.25, 0.3) is 5.65 Å². The first-order chi connectivity index (χ1) is 13.2. The van der Waals surface area contributed by atoms with E-state index in [9.17, 15) is 0 Å². The number of hydrogen-bond acceptors (Lipinski definition) is 7. The summed E-state index contributed by atoms with van der Waals surface area (Å²) in [4.78, 5) is 13.4. The molecule has 138 valence electrons. The summed E-state index contributed by atoms with van der Waals surface area (Å²) in [6.07, 6.45) is 5.22. The number of aromatic nitrogens is 4. The summed E-state index contributed by atoms with van der Waals surface area (Å²) in [5.41, 5.74) is 2.29. The zero-order valence-corrected chi connectivity index (χ0v) is 15.1.